The highest BCUT2D eigenvalue weighted by Crippen LogP contribution is 2.07. The Balaban J connectivity index is 2.90. The van der Waals surface area contributed by atoms with E-state index in [0.29, 0.717) is 5.56 Å². The molecule has 0 aromatic carbocycles. The first-order valence-corrected chi connectivity index (χ1v) is 6.18. The highest BCUT2D eigenvalue weighted by molar-refractivity contribution is 7.85. The Morgan fingerprint density at radius 1 is 1.71 bits per heavy atom. The molecule has 1 aromatic rings. The largest absolute Gasteiger partial charge is 0.325 e. The van der Waals surface area contributed by atoms with Crippen LogP contribution in [0.1, 0.15) is 5.56 Å². The van der Waals surface area contributed by atoms with Crippen LogP contribution in [0.5, 0.6) is 0 Å². The lowest BCUT2D eigenvalue weighted by Crippen LogP contribution is -2.02. The van der Waals surface area contributed by atoms with E-state index in [9.17, 15) is 8.42 Å². The minimum atomic E-state index is -3.66. The van der Waals surface area contributed by atoms with Crippen molar-refractivity contribution in [2.45, 2.75) is 0 Å². The molecule has 14 heavy (non-hydrogen) atoms. The Morgan fingerprint density at radius 3 is 2.86 bits per heavy atom. The van der Waals surface area contributed by atoms with Crippen LogP contribution in [0.2, 0.25) is 0 Å². The molecule has 7 heteroatoms. The molecule has 74 valence electrons. The summed E-state index contributed by atoms with van der Waals surface area (Å²) in [7, 11) is -3.66. The fraction of sp³-hybridized carbons (Fsp3) is 0.143. The van der Waals surface area contributed by atoms with Gasteiger partial charge in [-0.25, -0.2) is 0 Å². The van der Waals surface area contributed by atoms with Gasteiger partial charge in [-0.05, 0) is 11.4 Å². The molecular weight excluding hydrogens is 224 g/mol. The molecule has 1 aromatic heterocycles. The quantitative estimate of drug-likeness (QED) is 0.572. The van der Waals surface area contributed by atoms with Gasteiger partial charge in [-0.2, -0.15) is 25.0 Å². The van der Waals surface area contributed by atoms with Crippen LogP contribution in [0.25, 0.3) is 0 Å². The smallest absolute Gasteiger partial charge is 0.267 e. The van der Waals surface area contributed by atoms with Gasteiger partial charge in [0.1, 0.15) is 6.07 Å². The van der Waals surface area contributed by atoms with Crippen LogP contribution >= 0.6 is 11.3 Å². The van der Waals surface area contributed by atoms with Crippen LogP contribution in [0.3, 0.4) is 0 Å². The lowest BCUT2D eigenvalue weighted by molar-refractivity contribution is 0.344. The fourth-order valence-electron chi connectivity index (χ4n) is 0.642. The molecule has 0 aliphatic carbocycles. The third-order valence-electron chi connectivity index (χ3n) is 1.16. The Hall–Kier alpha value is -1.39. The number of oxime groups is 1. The van der Waals surface area contributed by atoms with Crippen LogP contribution in [-0.2, 0) is 14.4 Å². The highest BCUT2D eigenvalue weighted by atomic mass is 32.2. The molecule has 0 aliphatic heterocycles. The predicted octanol–water partition coefficient (Wildman–Crippen LogP) is 0.952. The average Bonchev–Trinajstić information content (AvgIpc) is 2.56. The highest BCUT2D eigenvalue weighted by Gasteiger charge is 2.06. The molecule has 5 nitrogen and oxygen atoms in total. The summed E-state index contributed by atoms with van der Waals surface area (Å²) in [6.07, 6.45) is 0.860. The Bertz CT molecular complexity index is 468. The minimum Gasteiger partial charge on any atom is -0.267 e. The Morgan fingerprint density at radius 2 is 2.43 bits per heavy atom. The van der Waals surface area contributed by atoms with Gasteiger partial charge in [0.2, 0.25) is 0 Å². The van der Waals surface area contributed by atoms with Gasteiger partial charge in [0, 0.05) is 10.9 Å². The van der Waals surface area contributed by atoms with Crippen LogP contribution in [0.15, 0.2) is 22.0 Å². The van der Waals surface area contributed by atoms with E-state index in [4.69, 9.17) is 5.26 Å². The number of nitrogens with zero attached hydrogens (tertiary/aromatic N) is 2. The van der Waals surface area contributed by atoms with Gasteiger partial charge in [0.15, 0.2) is 5.71 Å². The summed E-state index contributed by atoms with van der Waals surface area (Å²) < 4.78 is 25.3. The van der Waals surface area contributed by atoms with Gasteiger partial charge >= 0.3 is 10.1 Å². The molecule has 0 amide bonds. The van der Waals surface area contributed by atoms with Crippen molar-refractivity contribution < 1.29 is 12.7 Å². The van der Waals surface area contributed by atoms with Crippen LogP contribution in [0, 0.1) is 11.3 Å². The predicted molar refractivity (Wildman–Crippen MR) is 52.4 cm³/mol. The molecule has 0 spiro atoms. The van der Waals surface area contributed by atoms with Crippen molar-refractivity contribution in [3.05, 3.63) is 22.4 Å². The average molecular weight is 230 g/mol. The molecule has 1 rings (SSSR count). The normalized spacial score (nSPS) is 12.1. The zero-order valence-electron chi connectivity index (χ0n) is 7.17. The lowest BCUT2D eigenvalue weighted by Gasteiger charge is -1.94. The van der Waals surface area contributed by atoms with Crippen molar-refractivity contribution in [2.24, 2.45) is 5.16 Å². The topological polar surface area (TPSA) is 79.5 Å². The minimum absolute atomic E-state index is 0.0586. The van der Waals surface area contributed by atoms with E-state index in [-0.39, 0.29) is 5.71 Å². The summed E-state index contributed by atoms with van der Waals surface area (Å²) >= 11 is 1.38. The maximum absolute atomic E-state index is 10.6. The van der Waals surface area contributed by atoms with E-state index < -0.39 is 10.1 Å². The van der Waals surface area contributed by atoms with Crippen molar-refractivity contribution in [3.8, 4) is 6.07 Å². The number of hydrogen-bond donors (Lipinski definition) is 0. The van der Waals surface area contributed by atoms with Crippen LogP contribution < -0.4 is 0 Å². The molecule has 1 heterocycles. The monoisotopic (exact) mass is 230 g/mol. The molecule has 0 unspecified atom stereocenters. The van der Waals surface area contributed by atoms with E-state index in [1.54, 1.807) is 22.9 Å². The van der Waals surface area contributed by atoms with Crippen LogP contribution in [0.4, 0.5) is 0 Å². The van der Waals surface area contributed by atoms with Gasteiger partial charge in [0.05, 0.1) is 6.26 Å². The second-order valence-corrected chi connectivity index (χ2v) is 4.68. The number of hydrogen-bond acceptors (Lipinski definition) is 6. The molecule has 0 aliphatic rings. The number of rotatable bonds is 3. The molecule has 0 saturated heterocycles. The van der Waals surface area contributed by atoms with E-state index in [2.05, 4.69) is 9.44 Å². The molecule has 0 bridgehead atoms. The van der Waals surface area contributed by atoms with Crippen LogP contribution in [-0.4, -0.2) is 20.4 Å². The molecule has 0 saturated carbocycles. The summed E-state index contributed by atoms with van der Waals surface area (Å²) in [5.74, 6) is 0. The fourth-order valence-corrected chi connectivity index (χ4v) is 1.49. The van der Waals surface area contributed by atoms with E-state index in [1.165, 1.54) is 11.3 Å². The molecule has 0 N–H and O–H groups in total. The van der Waals surface area contributed by atoms with Crippen molar-refractivity contribution >= 4 is 27.2 Å². The third-order valence-corrected chi connectivity index (χ3v) is 2.19. The van der Waals surface area contributed by atoms with Gasteiger partial charge in [-0.3, -0.25) is 4.28 Å². The Kier molecular flexibility index (Phi) is 3.22. The SMILES string of the molecule is CS(=O)(=O)O/N=C(/C#N)c1ccsc1. The van der Waals surface area contributed by atoms with Crippen molar-refractivity contribution in [2.75, 3.05) is 6.26 Å². The summed E-state index contributed by atoms with van der Waals surface area (Å²) in [6.45, 7) is 0. The van der Waals surface area contributed by atoms with E-state index in [1.807, 2.05) is 0 Å². The summed E-state index contributed by atoms with van der Waals surface area (Å²) in [5, 5.41) is 15.3. The Labute approximate surface area is 85.4 Å². The maximum atomic E-state index is 10.6. The number of nitriles is 1. The first-order chi connectivity index (χ1) is 6.53. The molecule has 0 atom stereocenters. The molecule has 0 fully saturated rings. The third kappa shape index (κ3) is 3.16. The van der Waals surface area contributed by atoms with Gasteiger partial charge in [-0.15, -0.1) is 0 Å². The van der Waals surface area contributed by atoms with Crippen molar-refractivity contribution in [1.82, 2.24) is 0 Å². The molecular formula is C7H6N2O3S2. The second-order valence-electron chi connectivity index (χ2n) is 2.34. The zero-order chi connectivity index (χ0) is 10.6. The van der Waals surface area contributed by atoms with Gasteiger partial charge < -0.3 is 0 Å². The lowest BCUT2D eigenvalue weighted by atomic mass is 10.2. The summed E-state index contributed by atoms with van der Waals surface area (Å²) in [4.78, 5) is 0. The zero-order valence-corrected chi connectivity index (χ0v) is 8.80. The first kappa shape index (κ1) is 10.7. The summed E-state index contributed by atoms with van der Waals surface area (Å²) in [5.41, 5.74) is 0.484. The number of thiophene rings is 1. The summed E-state index contributed by atoms with van der Waals surface area (Å²) in [6, 6.07) is 3.40. The van der Waals surface area contributed by atoms with Crippen molar-refractivity contribution in [1.29, 1.82) is 5.26 Å². The van der Waals surface area contributed by atoms with E-state index in [0.717, 1.165) is 6.26 Å². The first-order valence-electron chi connectivity index (χ1n) is 3.42. The maximum Gasteiger partial charge on any atom is 0.325 e. The van der Waals surface area contributed by atoms with Gasteiger partial charge in [0.25, 0.3) is 0 Å². The molecule has 0 radical (unpaired) electrons. The standard InChI is InChI=1S/C7H6N2O3S2/c1-14(10,11)12-9-7(4-8)6-2-3-13-5-6/h2-3,5H,1H3/b9-7-. The van der Waals surface area contributed by atoms with Crippen molar-refractivity contribution in [3.63, 3.8) is 0 Å². The van der Waals surface area contributed by atoms with E-state index >= 15 is 0 Å². The second kappa shape index (κ2) is 4.21. The van der Waals surface area contributed by atoms with Gasteiger partial charge in [-0.1, -0.05) is 5.16 Å².